The molecule has 1 heterocycles. The van der Waals surface area contributed by atoms with E-state index in [1.807, 2.05) is 23.1 Å². The van der Waals surface area contributed by atoms with Gasteiger partial charge in [-0.2, -0.15) is 0 Å². The van der Waals surface area contributed by atoms with Crippen molar-refractivity contribution in [2.75, 3.05) is 44.7 Å². The van der Waals surface area contributed by atoms with Gasteiger partial charge in [0.15, 0.2) is 0 Å². The number of carbonyl (C=O) groups is 1. The lowest BCUT2D eigenvalue weighted by Gasteiger charge is -2.34. The first kappa shape index (κ1) is 16.5. The third-order valence-electron chi connectivity index (χ3n) is 4.80. The summed E-state index contributed by atoms with van der Waals surface area (Å²) in [5, 5.41) is 0. The van der Waals surface area contributed by atoms with Crippen molar-refractivity contribution in [3.8, 4) is 0 Å². The molecule has 1 aromatic rings. The molecule has 0 bridgehead atoms. The summed E-state index contributed by atoms with van der Waals surface area (Å²) < 4.78 is 22.4. The van der Waals surface area contributed by atoms with Crippen LogP contribution in [0.25, 0.3) is 0 Å². The number of piperazine rings is 1. The molecule has 5 nitrogen and oxygen atoms in total. The summed E-state index contributed by atoms with van der Waals surface area (Å²) in [7, 11) is -2.92. The fraction of sp³-hybridized carbons (Fsp3) is 0.588. The van der Waals surface area contributed by atoms with Gasteiger partial charge in [0.2, 0.25) is 5.91 Å². The third-order valence-corrected chi connectivity index (χ3v) is 5.72. The van der Waals surface area contributed by atoms with Crippen molar-refractivity contribution in [3.63, 3.8) is 0 Å². The lowest BCUT2D eigenvalue weighted by atomic mass is 10.1. The van der Waals surface area contributed by atoms with Crippen molar-refractivity contribution in [2.45, 2.75) is 12.3 Å². The zero-order valence-electron chi connectivity index (χ0n) is 13.5. The Kier molecular flexibility index (Phi) is 4.73. The maximum Gasteiger partial charge on any atom is 0.226 e. The normalized spacial score (nSPS) is 25.3. The Balaban J connectivity index is 1.46. The van der Waals surface area contributed by atoms with Crippen LogP contribution in [-0.2, 0) is 14.6 Å². The van der Waals surface area contributed by atoms with E-state index in [4.69, 9.17) is 0 Å². The fourth-order valence-corrected chi connectivity index (χ4v) is 3.85. The van der Waals surface area contributed by atoms with Gasteiger partial charge in [-0.3, -0.25) is 9.69 Å². The molecule has 0 radical (unpaired) electrons. The Morgan fingerprint density at radius 1 is 1.13 bits per heavy atom. The molecule has 2 atom stereocenters. The minimum Gasteiger partial charge on any atom is -0.340 e. The van der Waals surface area contributed by atoms with Crippen LogP contribution in [0, 0.1) is 5.92 Å². The lowest BCUT2D eigenvalue weighted by molar-refractivity contribution is -0.134. The van der Waals surface area contributed by atoms with Crippen LogP contribution in [0.15, 0.2) is 30.3 Å². The van der Waals surface area contributed by atoms with E-state index in [9.17, 15) is 13.2 Å². The molecule has 1 aliphatic carbocycles. The number of carbonyl (C=O) groups excluding carboxylic acids is 1. The number of sulfone groups is 1. The second-order valence-electron chi connectivity index (χ2n) is 6.66. The number of nitrogens with zero attached hydrogens (tertiary/aromatic N) is 2. The van der Waals surface area contributed by atoms with E-state index in [-0.39, 0.29) is 17.6 Å². The predicted molar refractivity (Wildman–Crippen MR) is 90.0 cm³/mol. The van der Waals surface area contributed by atoms with Crippen molar-refractivity contribution in [3.05, 3.63) is 35.9 Å². The Bertz CT molecular complexity index is 652. The Labute approximate surface area is 138 Å². The van der Waals surface area contributed by atoms with Crippen molar-refractivity contribution in [1.82, 2.24) is 9.80 Å². The van der Waals surface area contributed by atoms with Crippen LogP contribution in [0.2, 0.25) is 0 Å². The summed E-state index contributed by atoms with van der Waals surface area (Å²) in [5.41, 5.74) is 1.26. The molecule has 2 unspecified atom stereocenters. The van der Waals surface area contributed by atoms with E-state index < -0.39 is 9.84 Å². The van der Waals surface area contributed by atoms with E-state index in [1.54, 1.807) is 0 Å². The van der Waals surface area contributed by atoms with Gasteiger partial charge >= 0.3 is 0 Å². The summed E-state index contributed by atoms with van der Waals surface area (Å²) in [5.74, 6) is 0.980. The standard InChI is InChI=1S/C17H24N2O3S/c1-23(21,22)12-11-18-7-9-19(10-8-18)17(20)16-13-15(16)14-5-3-2-4-6-14/h2-6,15-16H,7-13H2,1H3. The van der Waals surface area contributed by atoms with E-state index >= 15 is 0 Å². The summed E-state index contributed by atoms with van der Waals surface area (Å²) >= 11 is 0. The van der Waals surface area contributed by atoms with Crippen LogP contribution in [0.5, 0.6) is 0 Å². The first-order chi connectivity index (χ1) is 10.9. The molecule has 1 aromatic carbocycles. The van der Waals surface area contributed by atoms with Crippen LogP contribution in [0.3, 0.4) is 0 Å². The predicted octanol–water partition coefficient (Wildman–Crippen LogP) is 0.979. The van der Waals surface area contributed by atoms with Gasteiger partial charge < -0.3 is 4.90 Å². The molecule has 1 aliphatic heterocycles. The van der Waals surface area contributed by atoms with Gasteiger partial charge in [-0.05, 0) is 17.9 Å². The van der Waals surface area contributed by atoms with Gasteiger partial charge in [0, 0.05) is 44.9 Å². The second-order valence-corrected chi connectivity index (χ2v) is 8.92. The Hall–Kier alpha value is -1.40. The highest BCUT2D eigenvalue weighted by atomic mass is 32.2. The molecule has 1 saturated heterocycles. The Morgan fingerprint density at radius 2 is 1.78 bits per heavy atom. The molecule has 0 aromatic heterocycles. The maximum absolute atomic E-state index is 12.6. The molecule has 3 rings (SSSR count). The molecule has 0 N–H and O–H groups in total. The maximum atomic E-state index is 12.6. The van der Waals surface area contributed by atoms with Crippen LogP contribution >= 0.6 is 0 Å². The topological polar surface area (TPSA) is 57.7 Å². The monoisotopic (exact) mass is 336 g/mol. The molecule has 0 spiro atoms. The number of hydrogen-bond acceptors (Lipinski definition) is 4. The average Bonchev–Trinajstić information content (AvgIpc) is 3.33. The molecular weight excluding hydrogens is 312 g/mol. The van der Waals surface area contributed by atoms with Crippen LogP contribution < -0.4 is 0 Å². The molecule has 23 heavy (non-hydrogen) atoms. The van der Waals surface area contributed by atoms with Gasteiger partial charge in [0.25, 0.3) is 0 Å². The van der Waals surface area contributed by atoms with Gasteiger partial charge in [0.05, 0.1) is 5.75 Å². The summed E-state index contributed by atoms with van der Waals surface area (Å²) in [6.45, 7) is 3.52. The molecule has 126 valence electrons. The molecule has 1 saturated carbocycles. The van der Waals surface area contributed by atoms with Crippen LogP contribution in [0.4, 0.5) is 0 Å². The summed E-state index contributed by atoms with van der Waals surface area (Å²) in [6.07, 6.45) is 2.22. The summed E-state index contributed by atoms with van der Waals surface area (Å²) in [6, 6.07) is 10.2. The number of benzene rings is 1. The fourth-order valence-electron chi connectivity index (χ4n) is 3.26. The number of amides is 1. The zero-order chi connectivity index (χ0) is 16.4. The smallest absolute Gasteiger partial charge is 0.226 e. The quantitative estimate of drug-likeness (QED) is 0.804. The minimum absolute atomic E-state index is 0.139. The highest BCUT2D eigenvalue weighted by molar-refractivity contribution is 7.90. The molecule has 2 fully saturated rings. The van der Waals surface area contributed by atoms with E-state index in [1.165, 1.54) is 11.8 Å². The highest BCUT2D eigenvalue weighted by Gasteiger charge is 2.45. The number of rotatable bonds is 5. The van der Waals surface area contributed by atoms with Crippen molar-refractivity contribution in [2.24, 2.45) is 5.92 Å². The second kappa shape index (κ2) is 6.61. The van der Waals surface area contributed by atoms with Crippen LogP contribution in [0.1, 0.15) is 17.9 Å². The van der Waals surface area contributed by atoms with Crippen molar-refractivity contribution < 1.29 is 13.2 Å². The minimum atomic E-state index is -2.92. The van der Waals surface area contributed by atoms with Crippen molar-refractivity contribution in [1.29, 1.82) is 0 Å². The van der Waals surface area contributed by atoms with E-state index in [0.717, 1.165) is 19.5 Å². The summed E-state index contributed by atoms with van der Waals surface area (Å²) in [4.78, 5) is 16.7. The molecule has 2 aliphatic rings. The highest BCUT2D eigenvalue weighted by Crippen LogP contribution is 2.48. The van der Waals surface area contributed by atoms with Gasteiger partial charge in [-0.25, -0.2) is 8.42 Å². The van der Waals surface area contributed by atoms with E-state index in [0.29, 0.717) is 25.6 Å². The van der Waals surface area contributed by atoms with Gasteiger partial charge in [0.1, 0.15) is 9.84 Å². The van der Waals surface area contributed by atoms with Crippen molar-refractivity contribution >= 4 is 15.7 Å². The number of hydrogen-bond donors (Lipinski definition) is 0. The molecular formula is C17H24N2O3S. The lowest BCUT2D eigenvalue weighted by Crippen LogP contribution is -2.50. The Morgan fingerprint density at radius 3 is 2.39 bits per heavy atom. The first-order valence-corrected chi connectivity index (χ1v) is 10.2. The van der Waals surface area contributed by atoms with Crippen LogP contribution in [-0.4, -0.2) is 68.9 Å². The molecule has 6 heteroatoms. The largest absolute Gasteiger partial charge is 0.340 e. The zero-order valence-corrected chi connectivity index (χ0v) is 14.3. The molecule has 1 amide bonds. The SMILES string of the molecule is CS(=O)(=O)CCN1CCN(C(=O)C2CC2c2ccccc2)CC1. The van der Waals surface area contributed by atoms with Gasteiger partial charge in [-0.15, -0.1) is 0 Å². The first-order valence-electron chi connectivity index (χ1n) is 8.18. The van der Waals surface area contributed by atoms with E-state index in [2.05, 4.69) is 17.0 Å². The third kappa shape index (κ3) is 4.32. The van der Waals surface area contributed by atoms with Gasteiger partial charge in [-0.1, -0.05) is 30.3 Å². The average molecular weight is 336 g/mol.